The molecule has 3 rings (SSSR count). The Morgan fingerprint density at radius 2 is 2.16 bits per heavy atom. The molecule has 1 aliphatic heterocycles. The summed E-state index contributed by atoms with van der Waals surface area (Å²) in [7, 11) is 0. The number of hydrogen-bond acceptors (Lipinski definition) is 3. The van der Waals surface area contributed by atoms with Crippen LogP contribution < -0.4 is 5.32 Å². The molecule has 0 aromatic carbocycles. The highest BCUT2D eigenvalue weighted by molar-refractivity contribution is 5.97. The zero-order chi connectivity index (χ0) is 13.4. The van der Waals surface area contributed by atoms with E-state index in [2.05, 4.69) is 10.4 Å². The van der Waals surface area contributed by atoms with E-state index in [9.17, 15) is 9.59 Å². The number of piperazine rings is 1. The quantitative estimate of drug-likeness (QED) is 0.831. The Hall–Kier alpha value is -1.85. The van der Waals surface area contributed by atoms with Gasteiger partial charge in [-0.15, -0.1) is 0 Å². The van der Waals surface area contributed by atoms with Gasteiger partial charge in [-0.2, -0.15) is 5.10 Å². The predicted octanol–water partition coefficient (Wildman–Crippen LogP) is 0.00860. The van der Waals surface area contributed by atoms with Gasteiger partial charge in [0.2, 0.25) is 11.8 Å². The maximum absolute atomic E-state index is 12.3. The van der Waals surface area contributed by atoms with Crippen LogP contribution in [0.2, 0.25) is 0 Å². The molecule has 6 nitrogen and oxygen atoms in total. The summed E-state index contributed by atoms with van der Waals surface area (Å²) >= 11 is 0. The van der Waals surface area contributed by atoms with Crippen LogP contribution in [-0.2, 0) is 16.1 Å². The first-order valence-corrected chi connectivity index (χ1v) is 6.75. The highest BCUT2D eigenvalue weighted by Crippen LogP contribution is 2.36. The molecule has 1 N–H and O–H groups in total. The minimum Gasteiger partial charge on any atom is -0.343 e. The van der Waals surface area contributed by atoms with E-state index in [1.165, 1.54) is 0 Å². The monoisotopic (exact) mass is 262 g/mol. The summed E-state index contributed by atoms with van der Waals surface area (Å²) in [5, 5.41) is 6.90. The molecule has 2 heterocycles. The summed E-state index contributed by atoms with van der Waals surface area (Å²) in [5.41, 5.74) is 0. The standard InChI is InChI=1S/C13H18N4O2/c1-9-13(19)17(8-7-16-6-2-5-14-16)11(10-3-4-10)12(18)15-9/h2,5-6,9-11H,3-4,7-8H2,1H3,(H,15,18). The summed E-state index contributed by atoms with van der Waals surface area (Å²) in [6.07, 6.45) is 5.66. The second-order valence-corrected chi connectivity index (χ2v) is 5.31. The zero-order valence-electron chi connectivity index (χ0n) is 11.0. The summed E-state index contributed by atoms with van der Waals surface area (Å²) in [6, 6.07) is 1.16. The third kappa shape index (κ3) is 2.34. The van der Waals surface area contributed by atoms with E-state index in [0.29, 0.717) is 19.0 Å². The highest BCUT2D eigenvalue weighted by atomic mass is 16.2. The van der Waals surface area contributed by atoms with Gasteiger partial charge in [0.1, 0.15) is 12.1 Å². The van der Waals surface area contributed by atoms with Gasteiger partial charge in [-0.3, -0.25) is 14.3 Å². The van der Waals surface area contributed by atoms with Crippen LogP contribution in [0.25, 0.3) is 0 Å². The molecule has 1 aromatic heterocycles. The number of aromatic nitrogens is 2. The van der Waals surface area contributed by atoms with Crippen LogP contribution in [0.5, 0.6) is 0 Å². The lowest BCUT2D eigenvalue weighted by Gasteiger charge is -2.38. The van der Waals surface area contributed by atoms with Gasteiger partial charge in [0, 0.05) is 18.9 Å². The topological polar surface area (TPSA) is 67.2 Å². The van der Waals surface area contributed by atoms with Crippen molar-refractivity contribution in [3.63, 3.8) is 0 Å². The molecule has 1 aliphatic carbocycles. The lowest BCUT2D eigenvalue weighted by Crippen LogP contribution is -2.63. The van der Waals surface area contributed by atoms with Crippen LogP contribution in [0.1, 0.15) is 19.8 Å². The molecule has 0 bridgehead atoms. The van der Waals surface area contributed by atoms with E-state index >= 15 is 0 Å². The van der Waals surface area contributed by atoms with Crippen LogP contribution in [0, 0.1) is 5.92 Å². The van der Waals surface area contributed by atoms with Crippen molar-refractivity contribution in [2.24, 2.45) is 5.92 Å². The molecule has 1 saturated heterocycles. The van der Waals surface area contributed by atoms with E-state index in [4.69, 9.17) is 0 Å². The minimum atomic E-state index is -0.417. The van der Waals surface area contributed by atoms with Crippen molar-refractivity contribution >= 4 is 11.8 Å². The average molecular weight is 262 g/mol. The third-order valence-corrected chi connectivity index (χ3v) is 3.81. The van der Waals surface area contributed by atoms with Gasteiger partial charge >= 0.3 is 0 Å². The number of hydrogen-bond donors (Lipinski definition) is 1. The fourth-order valence-electron chi connectivity index (χ4n) is 2.66. The average Bonchev–Trinajstić information content (AvgIpc) is 3.07. The molecule has 6 heteroatoms. The normalized spacial score (nSPS) is 27.5. The second-order valence-electron chi connectivity index (χ2n) is 5.31. The Labute approximate surface area is 111 Å². The van der Waals surface area contributed by atoms with Gasteiger partial charge in [0.25, 0.3) is 0 Å². The number of rotatable bonds is 4. The highest BCUT2D eigenvalue weighted by Gasteiger charge is 2.46. The molecule has 0 radical (unpaired) electrons. The van der Waals surface area contributed by atoms with E-state index in [-0.39, 0.29) is 17.9 Å². The maximum atomic E-state index is 12.3. The van der Waals surface area contributed by atoms with Crippen molar-refractivity contribution in [1.29, 1.82) is 0 Å². The molecule has 0 spiro atoms. The van der Waals surface area contributed by atoms with E-state index < -0.39 is 6.04 Å². The van der Waals surface area contributed by atoms with Crippen molar-refractivity contribution < 1.29 is 9.59 Å². The smallest absolute Gasteiger partial charge is 0.245 e. The largest absolute Gasteiger partial charge is 0.343 e. The molecule has 102 valence electrons. The molecular weight excluding hydrogens is 244 g/mol. The lowest BCUT2D eigenvalue weighted by atomic mass is 10.0. The van der Waals surface area contributed by atoms with Crippen molar-refractivity contribution in [1.82, 2.24) is 20.0 Å². The first-order chi connectivity index (χ1) is 9.16. The Balaban J connectivity index is 1.73. The van der Waals surface area contributed by atoms with Crippen LogP contribution in [-0.4, -0.2) is 45.1 Å². The SMILES string of the molecule is CC1NC(=O)C(C2CC2)N(CCn2cccn2)C1=O. The first kappa shape index (κ1) is 12.2. The Kier molecular flexibility index (Phi) is 3.00. The number of nitrogens with zero attached hydrogens (tertiary/aromatic N) is 3. The summed E-state index contributed by atoms with van der Waals surface area (Å²) in [4.78, 5) is 26.1. The van der Waals surface area contributed by atoms with Gasteiger partial charge in [0.15, 0.2) is 0 Å². The van der Waals surface area contributed by atoms with Crippen LogP contribution >= 0.6 is 0 Å². The molecule has 2 atom stereocenters. The van der Waals surface area contributed by atoms with Crippen molar-refractivity contribution in [2.75, 3.05) is 6.54 Å². The van der Waals surface area contributed by atoms with Crippen LogP contribution in [0.15, 0.2) is 18.5 Å². The number of nitrogens with one attached hydrogen (secondary N) is 1. The van der Waals surface area contributed by atoms with Gasteiger partial charge in [-0.25, -0.2) is 0 Å². The molecule has 19 heavy (non-hydrogen) atoms. The van der Waals surface area contributed by atoms with E-state index in [1.54, 1.807) is 22.7 Å². The lowest BCUT2D eigenvalue weighted by molar-refractivity contribution is -0.149. The van der Waals surface area contributed by atoms with Gasteiger partial charge < -0.3 is 10.2 Å². The number of amides is 2. The number of carbonyl (C=O) groups excluding carboxylic acids is 2. The van der Waals surface area contributed by atoms with Gasteiger partial charge in [0.05, 0.1) is 6.54 Å². The van der Waals surface area contributed by atoms with E-state index in [1.807, 2.05) is 12.3 Å². The van der Waals surface area contributed by atoms with Crippen molar-refractivity contribution in [3.05, 3.63) is 18.5 Å². The van der Waals surface area contributed by atoms with Crippen LogP contribution in [0.3, 0.4) is 0 Å². The summed E-state index contributed by atoms with van der Waals surface area (Å²) in [5.74, 6) is 0.354. The predicted molar refractivity (Wildman–Crippen MR) is 68.1 cm³/mol. The van der Waals surface area contributed by atoms with Crippen molar-refractivity contribution in [3.8, 4) is 0 Å². The Morgan fingerprint density at radius 3 is 2.79 bits per heavy atom. The molecular formula is C13H18N4O2. The number of carbonyl (C=O) groups is 2. The fourth-order valence-corrected chi connectivity index (χ4v) is 2.66. The Bertz CT molecular complexity index is 481. The minimum absolute atomic E-state index is 0.00457. The molecule has 1 aromatic rings. The van der Waals surface area contributed by atoms with Crippen molar-refractivity contribution in [2.45, 2.75) is 38.4 Å². The zero-order valence-corrected chi connectivity index (χ0v) is 11.0. The van der Waals surface area contributed by atoms with Gasteiger partial charge in [-0.05, 0) is 31.7 Å². The second kappa shape index (κ2) is 4.68. The molecule has 2 aliphatic rings. The summed E-state index contributed by atoms with van der Waals surface area (Å²) < 4.78 is 1.79. The molecule has 2 unspecified atom stereocenters. The van der Waals surface area contributed by atoms with Gasteiger partial charge in [-0.1, -0.05) is 0 Å². The summed E-state index contributed by atoms with van der Waals surface area (Å²) in [6.45, 7) is 2.91. The molecule has 2 fully saturated rings. The maximum Gasteiger partial charge on any atom is 0.245 e. The fraction of sp³-hybridized carbons (Fsp3) is 0.615. The molecule has 1 saturated carbocycles. The Morgan fingerprint density at radius 1 is 1.37 bits per heavy atom. The third-order valence-electron chi connectivity index (χ3n) is 3.81. The molecule has 2 amide bonds. The van der Waals surface area contributed by atoms with Crippen LogP contribution in [0.4, 0.5) is 0 Å². The van der Waals surface area contributed by atoms with E-state index in [0.717, 1.165) is 12.8 Å². The first-order valence-electron chi connectivity index (χ1n) is 6.75.